The summed E-state index contributed by atoms with van der Waals surface area (Å²) in [7, 11) is 3.65. The van der Waals surface area contributed by atoms with Crippen LogP contribution in [0.25, 0.3) is 0 Å². The van der Waals surface area contributed by atoms with Gasteiger partial charge in [-0.2, -0.15) is 0 Å². The molecule has 0 spiro atoms. The smallest absolute Gasteiger partial charge is 0.259 e. The average Bonchev–Trinajstić information content (AvgIpc) is 2.70. The molecule has 0 saturated carbocycles. The van der Waals surface area contributed by atoms with Crippen molar-refractivity contribution in [2.24, 2.45) is 5.92 Å². The van der Waals surface area contributed by atoms with E-state index in [9.17, 15) is 9.90 Å². The number of nitrogens with zero attached hydrogens (tertiary/aromatic N) is 3. The van der Waals surface area contributed by atoms with E-state index in [2.05, 4.69) is 42.6 Å². The maximum absolute atomic E-state index is 13.3. The number of methoxy groups -OCH3 is 1. The molecule has 0 fully saturated rings. The Morgan fingerprint density at radius 2 is 2.28 bits per heavy atom. The Labute approximate surface area is 174 Å². The first-order valence-corrected chi connectivity index (χ1v) is 10.2. The minimum Gasteiger partial charge on any atom is -0.472 e. The van der Waals surface area contributed by atoms with Crippen molar-refractivity contribution in [1.29, 1.82) is 0 Å². The quantitative estimate of drug-likeness (QED) is 0.698. The molecule has 2 heterocycles. The van der Waals surface area contributed by atoms with E-state index in [0.717, 1.165) is 19.5 Å². The van der Waals surface area contributed by atoms with Crippen molar-refractivity contribution in [3.05, 3.63) is 23.4 Å². The van der Waals surface area contributed by atoms with Crippen molar-refractivity contribution in [2.45, 2.75) is 39.3 Å². The van der Waals surface area contributed by atoms with Gasteiger partial charge in [-0.05, 0) is 33.0 Å². The summed E-state index contributed by atoms with van der Waals surface area (Å²) in [5.41, 5.74) is 1.01. The van der Waals surface area contributed by atoms with Crippen LogP contribution in [0.2, 0.25) is 0 Å². The molecule has 1 aromatic heterocycles. The summed E-state index contributed by atoms with van der Waals surface area (Å²) in [4.78, 5) is 21.6. The molecule has 1 aliphatic rings. The highest BCUT2D eigenvalue weighted by Gasteiger charge is 2.34. The number of aromatic nitrogens is 1. The fourth-order valence-electron chi connectivity index (χ4n) is 3.38. The molecule has 1 aromatic rings. The van der Waals surface area contributed by atoms with E-state index in [-0.39, 0.29) is 30.6 Å². The second-order valence-electron chi connectivity index (χ2n) is 7.70. The summed E-state index contributed by atoms with van der Waals surface area (Å²) < 4.78 is 11.2. The van der Waals surface area contributed by atoms with Gasteiger partial charge in [0, 0.05) is 37.9 Å². The zero-order valence-corrected chi connectivity index (χ0v) is 18.1. The topological polar surface area (TPSA) is 75.1 Å². The van der Waals surface area contributed by atoms with Gasteiger partial charge in [0.25, 0.3) is 5.91 Å². The summed E-state index contributed by atoms with van der Waals surface area (Å²) in [5.74, 6) is 6.05. The van der Waals surface area contributed by atoms with Crippen LogP contribution in [0, 0.1) is 17.8 Å². The number of likely N-dealkylation sites (N-methyl/N-ethyl adjacent to an activating group) is 1. The highest BCUT2D eigenvalue weighted by atomic mass is 16.5. The summed E-state index contributed by atoms with van der Waals surface area (Å²) in [6, 6.07) is 1.42. The second kappa shape index (κ2) is 11.1. The van der Waals surface area contributed by atoms with Gasteiger partial charge in [-0.1, -0.05) is 25.7 Å². The van der Waals surface area contributed by atoms with Crippen LogP contribution in [0.5, 0.6) is 5.88 Å². The van der Waals surface area contributed by atoms with Crippen LogP contribution >= 0.6 is 0 Å². The minimum absolute atomic E-state index is 0.0865. The first kappa shape index (κ1) is 23.1. The number of carbonyl (C=O) groups is 1. The van der Waals surface area contributed by atoms with Crippen molar-refractivity contribution in [3.63, 3.8) is 0 Å². The number of pyridine rings is 1. The highest BCUT2D eigenvalue weighted by Crippen LogP contribution is 2.27. The van der Waals surface area contributed by atoms with Gasteiger partial charge in [0.15, 0.2) is 0 Å². The summed E-state index contributed by atoms with van der Waals surface area (Å²) >= 11 is 0. The molecule has 2 rings (SSSR count). The number of ether oxygens (including phenoxy) is 2. The number of rotatable bonds is 7. The van der Waals surface area contributed by atoms with Crippen LogP contribution in [0.4, 0.5) is 0 Å². The number of hydrogen-bond acceptors (Lipinski definition) is 6. The van der Waals surface area contributed by atoms with Crippen LogP contribution < -0.4 is 4.74 Å². The Bertz CT molecular complexity index is 743. The lowest BCUT2D eigenvalue weighted by molar-refractivity contribution is 0.0331. The first-order valence-electron chi connectivity index (χ1n) is 10.2. The Morgan fingerprint density at radius 3 is 2.93 bits per heavy atom. The second-order valence-corrected chi connectivity index (χ2v) is 7.70. The molecule has 0 aromatic carbocycles. The van der Waals surface area contributed by atoms with E-state index in [1.54, 1.807) is 24.3 Å². The van der Waals surface area contributed by atoms with Crippen LogP contribution in [0.15, 0.2) is 12.3 Å². The molecule has 160 valence electrons. The number of fused-ring (bicyclic) bond motifs is 1. The molecule has 0 aliphatic carbocycles. The fraction of sp³-hybridized carbons (Fsp3) is 0.636. The molecule has 3 atom stereocenters. The Morgan fingerprint density at radius 1 is 1.52 bits per heavy atom. The van der Waals surface area contributed by atoms with E-state index in [1.807, 2.05) is 6.92 Å². The van der Waals surface area contributed by atoms with E-state index < -0.39 is 0 Å². The monoisotopic (exact) mass is 403 g/mol. The Kier molecular flexibility index (Phi) is 8.90. The predicted octanol–water partition coefficient (Wildman–Crippen LogP) is 1.64. The van der Waals surface area contributed by atoms with Crippen molar-refractivity contribution in [3.8, 4) is 17.7 Å². The number of amides is 1. The maximum Gasteiger partial charge on any atom is 0.259 e. The summed E-state index contributed by atoms with van der Waals surface area (Å²) in [6.45, 7) is 8.48. The lowest BCUT2D eigenvalue weighted by Crippen LogP contribution is -2.50. The van der Waals surface area contributed by atoms with Crippen LogP contribution in [-0.4, -0.2) is 84.9 Å². The van der Waals surface area contributed by atoms with Gasteiger partial charge in [-0.25, -0.2) is 4.98 Å². The van der Waals surface area contributed by atoms with Crippen molar-refractivity contribution >= 4 is 5.91 Å². The number of aliphatic hydroxyl groups excluding tert-OH is 1. The SMILES string of the molecule is CCCN(C)C[C@H]1Oc2ncc(C#CCOC)cc2C(=O)N([C@@H](C)CO)C[C@H]1C. The molecule has 0 unspecified atom stereocenters. The van der Waals surface area contributed by atoms with E-state index in [0.29, 0.717) is 30.2 Å². The lowest BCUT2D eigenvalue weighted by atomic mass is 10.00. The molecule has 1 amide bonds. The van der Waals surface area contributed by atoms with Crippen molar-refractivity contribution in [2.75, 3.05) is 47.0 Å². The third-order valence-electron chi connectivity index (χ3n) is 5.07. The van der Waals surface area contributed by atoms with Gasteiger partial charge >= 0.3 is 0 Å². The molecule has 0 bridgehead atoms. The molecule has 29 heavy (non-hydrogen) atoms. The van der Waals surface area contributed by atoms with Crippen LogP contribution in [0.1, 0.15) is 43.1 Å². The van der Waals surface area contributed by atoms with Gasteiger partial charge in [0.2, 0.25) is 5.88 Å². The Balaban J connectivity index is 2.42. The molecule has 7 nitrogen and oxygen atoms in total. The van der Waals surface area contributed by atoms with Gasteiger partial charge < -0.3 is 24.4 Å². The lowest BCUT2D eigenvalue weighted by Gasteiger charge is -2.37. The van der Waals surface area contributed by atoms with Crippen LogP contribution in [0.3, 0.4) is 0 Å². The standard InChI is InChI=1S/C22H33N3O4/c1-6-9-24(4)14-20-16(2)13-25(17(3)15-26)22(27)19-11-18(8-7-10-28-5)12-23-21(19)29-20/h11-12,16-17,20,26H,6,9-10,13-15H2,1-5H3/t16-,17+,20-/m1/s1. The highest BCUT2D eigenvalue weighted by molar-refractivity contribution is 5.97. The number of aliphatic hydroxyl groups is 1. The molecule has 1 aliphatic heterocycles. The normalized spacial score (nSPS) is 20.2. The van der Waals surface area contributed by atoms with E-state index in [4.69, 9.17) is 9.47 Å². The molecule has 7 heteroatoms. The van der Waals surface area contributed by atoms with Gasteiger partial charge in [0.1, 0.15) is 18.3 Å². The molecular weight excluding hydrogens is 370 g/mol. The zero-order chi connectivity index (χ0) is 21.4. The minimum atomic E-state index is -0.298. The van der Waals surface area contributed by atoms with Crippen molar-refractivity contribution in [1.82, 2.24) is 14.8 Å². The molecule has 0 saturated heterocycles. The molecule has 0 radical (unpaired) electrons. The zero-order valence-electron chi connectivity index (χ0n) is 18.1. The van der Waals surface area contributed by atoms with Gasteiger partial charge in [-0.3, -0.25) is 4.79 Å². The van der Waals surface area contributed by atoms with E-state index in [1.165, 1.54) is 0 Å². The van der Waals surface area contributed by atoms with Gasteiger partial charge in [-0.15, -0.1) is 0 Å². The van der Waals surface area contributed by atoms with E-state index >= 15 is 0 Å². The average molecular weight is 404 g/mol. The summed E-state index contributed by atoms with van der Waals surface area (Å²) in [6.07, 6.45) is 2.56. The molecule has 1 N–H and O–H groups in total. The van der Waals surface area contributed by atoms with Gasteiger partial charge in [0.05, 0.1) is 12.6 Å². The summed E-state index contributed by atoms with van der Waals surface area (Å²) in [5, 5.41) is 9.70. The third kappa shape index (κ3) is 6.17. The first-order chi connectivity index (χ1) is 13.9. The Hall–Kier alpha value is -2.14. The van der Waals surface area contributed by atoms with Crippen molar-refractivity contribution < 1.29 is 19.4 Å². The number of carbonyl (C=O) groups excluding carboxylic acids is 1. The van der Waals surface area contributed by atoms with Crippen LogP contribution in [-0.2, 0) is 4.74 Å². The third-order valence-corrected chi connectivity index (χ3v) is 5.07. The fourth-order valence-corrected chi connectivity index (χ4v) is 3.38. The number of hydrogen-bond donors (Lipinski definition) is 1. The molecular formula is C22H33N3O4. The predicted molar refractivity (Wildman–Crippen MR) is 112 cm³/mol. The largest absolute Gasteiger partial charge is 0.472 e. The maximum atomic E-state index is 13.3.